The molecule has 0 aromatic heterocycles. The molecule has 1 fully saturated rings. The first-order valence-electron chi connectivity index (χ1n) is 3.86. The summed E-state index contributed by atoms with van der Waals surface area (Å²) in [6.07, 6.45) is 0. The van der Waals surface area contributed by atoms with Crippen LogP contribution in [0.15, 0.2) is 0 Å². The zero-order valence-electron chi connectivity index (χ0n) is 7.27. The summed E-state index contributed by atoms with van der Waals surface area (Å²) in [6, 6.07) is 0. The molecule has 1 heterocycles. The van der Waals surface area contributed by atoms with Gasteiger partial charge in [-0.1, -0.05) is 0 Å². The van der Waals surface area contributed by atoms with Crippen LogP contribution in [0.2, 0.25) is 0 Å². The monoisotopic (exact) mass is 213 g/mol. The first-order valence-corrected chi connectivity index (χ1v) is 4.96. The minimum Gasteiger partial charge on any atom is -0.412 e. The predicted molar refractivity (Wildman–Crippen MR) is 47.1 cm³/mol. The zero-order chi connectivity index (χ0) is 8.81. The van der Waals surface area contributed by atoms with Gasteiger partial charge in [0.15, 0.2) is 0 Å². The van der Waals surface area contributed by atoms with Crippen LogP contribution in [-0.4, -0.2) is 58.2 Å². The molecular weight excluding hydrogens is 198 g/mol. The lowest BCUT2D eigenvalue weighted by Crippen LogP contribution is -2.38. The van der Waals surface area contributed by atoms with Gasteiger partial charge in [-0.05, 0) is 0 Å². The molecule has 0 bridgehead atoms. The Balaban J connectivity index is 0.00000144. The van der Waals surface area contributed by atoms with Gasteiger partial charge in [0, 0.05) is 19.6 Å². The van der Waals surface area contributed by atoms with Crippen molar-refractivity contribution in [3.63, 3.8) is 0 Å². The Morgan fingerprint density at radius 2 is 1.92 bits per heavy atom. The van der Waals surface area contributed by atoms with Crippen LogP contribution in [0.1, 0.15) is 0 Å². The van der Waals surface area contributed by atoms with Crippen LogP contribution >= 0.6 is 0 Å². The van der Waals surface area contributed by atoms with Crippen LogP contribution in [0.5, 0.6) is 0 Å². The second-order valence-corrected chi connectivity index (χ2v) is 3.22. The number of hydrogen-bond donors (Lipinski definition) is 1. The van der Waals surface area contributed by atoms with Crippen LogP contribution < -0.4 is 0 Å². The quantitative estimate of drug-likeness (QED) is 0.548. The molecule has 0 atom stereocenters. The van der Waals surface area contributed by atoms with Crippen LogP contribution in [0.4, 0.5) is 0 Å². The molecule has 0 radical (unpaired) electrons. The Morgan fingerprint density at radius 1 is 1.31 bits per heavy atom. The molecule has 1 rings (SSSR count). The predicted octanol–water partition coefficient (Wildman–Crippen LogP) is -1.96. The van der Waals surface area contributed by atoms with Crippen molar-refractivity contribution in [2.45, 2.75) is 0 Å². The average molecular weight is 213 g/mol. The van der Waals surface area contributed by atoms with Crippen LogP contribution in [0.25, 0.3) is 0 Å². The summed E-state index contributed by atoms with van der Waals surface area (Å²) in [5.74, 6) is 0. The van der Waals surface area contributed by atoms with Crippen molar-refractivity contribution < 1.29 is 22.8 Å². The molecule has 0 amide bonds. The van der Waals surface area contributed by atoms with Gasteiger partial charge in [0.25, 0.3) is 11.0 Å². The molecule has 13 heavy (non-hydrogen) atoms. The zero-order valence-corrected chi connectivity index (χ0v) is 8.16. The summed E-state index contributed by atoms with van der Waals surface area (Å²) in [4.78, 5) is 2.11. The molecule has 0 unspecified atom stereocenters. The molecule has 2 N–H and O–H groups in total. The fraction of sp³-hybridized carbons (Fsp3) is 1.00. The number of rotatable bonds is 4. The molecule has 0 saturated carbocycles. The second-order valence-electron chi connectivity index (χ2n) is 2.51. The molecule has 1 aliphatic heterocycles. The van der Waals surface area contributed by atoms with Crippen molar-refractivity contribution in [1.82, 2.24) is 4.90 Å². The van der Waals surface area contributed by atoms with Gasteiger partial charge in [-0.25, -0.2) is 8.42 Å². The van der Waals surface area contributed by atoms with E-state index in [9.17, 15) is 8.42 Å². The third kappa shape index (κ3) is 5.94. The van der Waals surface area contributed by atoms with Crippen molar-refractivity contribution in [2.24, 2.45) is 0 Å². The maximum absolute atomic E-state index is 10.0. The largest absolute Gasteiger partial charge is 0.412 e. The van der Waals surface area contributed by atoms with E-state index in [4.69, 9.17) is 4.74 Å². The molecule has 0 spiro atoms. The Hall–Kier alpha value is -0.210. The lowest BCUT2D eigenvalue weighted by Gasteiger charge is -2.25. The third-order valence-corrected chi connectivity index (χ3v) is 2.10. The van der Waals surface area contributed by atoms with Crippen molar-refractivity contribution in [3.05, 3.63) is 0 Å². The topological polar surface area (TPSA) is 87.3 Å². The fourth-order valence-electron chi connectivity index (χ4n) is 1.07. The average Bonchev–Trinajstić information content (AvgIpc) is 2.05. The van der Waals surface area contributed by atoms with Crippen LogP contribution in [-0.2, 0) is 19.9 Å². The van der Waals surface area contributed by atoms with E-state index in [1.165, 1.54) is 0 Å². The summed E-state index contributed by atoms with van der Waals surface area (Å²) in [5, 5.41) is 0. The van der Waals surface area contributed by atoms with Gasteiger partial charge in [-0.3, -0.25) is 9.08 Å². The highest BCUT2D eigenvalue weighted by atomic mass is 32.2. The molecule has 0 aromatic rings. The Bertz CT molecular complexity index is 181. The molecule has 0 aliphatic carbocycles. The molecule has 0 aromatic carbocycles. The molecule has 7 heteroatoms. The second kappa shape index (κ2) is 7.22. The van der Waals surface area contributed by atoms with E-state index >= 15 is 0 Å². The first-order chi connectivity index (χ1) is 5.79. The number of nitrogens with zero attached hydrogens (tertiary/aromatic N) is 1. The summed E-state index contributed by atoms with van der Waals surface area (Å²) in [5.41, 5.74) is 0. The van der Waals surface area contributed by atoms with E-state index in [1.54, 1.807) is 0 Å². The number of morpholine rings is 1. The Morgan fingerprint density at radius 3 is 2.46 bits per heavy atom. The fourth-order valence-corrected chi connectivity index (χ4v) is 1.30. The Kier molecular flexibility index (Phi) is 7.10. The summed E-state index contributed by atoms with van der Waals surface area (Å²) in [7, 11) is -2.69. The minimum absolute atomic E-state index is 0. The Labute approximate surface area is 78.9 Å². The smallest absolute Gasteiger partial charge is 0.257 e. The van der Waals surface area contributed by atoms with E-state index in [2.05, 4.69) is 9.08 Å². The number of thiol groups is 1. The standard InChI is InChI=1S/C6H13NO4S.H2O/c8-12(9)11-6-3-7-1-4-10-5-2-7;/h12H,1-6H2;1H2. The van der Waals surface area contributed by atoms with Gasteiger partial charge in [0.05, 0.1) is 19.8 Å². The molecule has 1 aliphatic rings. The highest BCUT2D eigenvalue weighted by Crippen LogP contribution is 1.95. The van der Waals surface area contributed by atoms with E-state index in [1.807, 2.05) is 0 Å². The van der Waals surface area contributed by atoms with Crippen molar-refractivity contribution in [2.75, 3.05) is 39.5 Å². The summed E-state index contributed by atoms with van der Waals surface area (Å²) in [6.45, 7) is 4.08. The van der Waals surface area contributed by atoms with Gasteiger partial charge in [0.1, 0.15) is 0 Å². The van der Waals surface area contributed by atoms with E-state index in [0.29, 0.717) is 6.54 Å². The van der Waals surface area contributed by atoms with Crippen molar-refractivity contribution >= 4 is 11.0 Å². The number of ether oxygens (including phenoxy) is 1. The van der Waals surface area contributed by atoms with Crippen LogP contribution in [0.3, 0.4) is 0 Å². The lowest BCUT2D eigenvalue weighted by atomic mass is 10.4. The molecule has 1 saturated heterocycles. The molecule has 6 nitrogen and oxygen atoms in total. The highest BCUT2D eigenvalue weighted by molar-refractivity contribution is 7.67. The van der Waals surface area contributed by atoms with Gasteiger partial charge in [-0.15, -0.1) is 0 Å². The first kappa shape index (κ1) is 12.8. The SMILES string of the molecule is O.O=[SH](=O)OCCN1CCOCC1. The van der Waals surface area contributed by atoms with Gasteiger partial charge >= 0.3 is 0 Å². The minimum atomic E-state index is -2.69. The highest BCUT2D eigenvalue weighted by Gasteiger charge is 2.09. The maximum Gasteiger partial charge on any atom is 0.257 e. The lowest BCUT2D eigenvalue weighted by molar-refractivity contribution is 0.0329. The van der Waals surface area contributed by atoms with E-state index in [0.717, 1.165) is 26.3 Å². The van der Waals surface area contributed by atoms with Gasteiger partial charge in [0.2, 0.25) is 0 Å². The van der Waals surface area contributed by atoms with E-state index < -0.39 is 11.0 Å². The van der Waals surface area contributed by atoms with Crippen molar-refractivity contribution in [1.29, 1.82) is 0 Å². The summed E-state index contributed by atoms with van der Waals surface area (Å²) >= 11 is 0. The van der Waals surface area contributed by atoms with Crippen molar-refractivity contribution in [3.8, 4) is 0 Å². The normalized spacial score (nSPS) is 18.5. The molecule has 80 valence electrons. The van der Waals surface area contributed by atoms with Gasteiger partial charge < -0.3 is 10.2 Å². The van der Waals surface area contributed by atoms with Gasteiger partial charge in [-0.2, -0.15) is 0 Å². The maximum atomic E-state index is 10.0. The third-order valence-electron chi connectivity index (χ3n) is 1.71. The molecular formula is C6H15NO5S. The number of hydrogen-bond acceptors (Lipinski definition) is 5. The summed E-state index contributed by atoms with van der Waals surface area (Å²) < 4.78 is 29.6. The van der Waals surface area contributed by atoms with Crippen LogP contribution in [0, 0.1) is 0 Å². The van der Waals surface area contributed by atoms with E-state index in [-0.39, 0.29) is 12.1 Å².